The minimum atomic E-state index is -0.615. The fraction of sp³-hybridized carbons (Fsp3) is 0.929. The van der Waals surface area contributed by atoms with E-state index >= 15 is 0 Å². The van der Waals surface area contributed by atoms with E-state index in [1.165, 1.54) is 25.7 Å². The maximum absolute atomic E-state index is 11.6. The van der Waals surface area contributed by atoms with Crippen molar-refractivity contribution < 1.29 is 15.3 Å². The third kappa shape index (κ3) is 4.06. The van der Waals surface area contributed by atoms with Crippen LogP contribution in [0.15, 0.2) is 11.6 Å². The largest absolute Gasteiger partial charge is 0.396 e. The average Bonchev–Trinajstić information content (AvgIpc) is 3.06. The quantitative estimate of drug-likeness (QED) is 0.460. The molecule has 0 aromatic heterocycles. The first kappa shape index (κ1) is 23.8. The normalized spacial score (nSPS) is 44.6. The van der Waals surface area contributed by atoms with Crippen LogP contribution in [0.2, 0.25) is 0 Å². The summed E-state index contributed by atoms with van der Waals surface area (Å²) in [7, 11) is 0. The fourth-order valence-electron chi connectivity index (χ4n) is 8.84. The smallest absolute Gasteiger partial charge is 0.0653 e. The molecule has 3 fully saturated rings. The average molecular weight is 433 g/mol. The molecule has 0 amide bonds. The van der Waals surface area contributed by atoms with Crippen molar-refractivity contribution in [3.8, 4) is 0 Å². The van der Waals surface area contributed by atoms with Crippen molar-refractivity contribution in [3.05, 3.63) is 11.6 Å². The van der Waals surface area contributed by atoms with E-state index in [9.17, 15) is 15.3 Å². The summed E-state index contributed by atoms with van der Waals surface area (Å²) in [6.45, 7) is 11.6. The monoisotopic (exact) mass is 432 g/mol. The molecule has 0 aliphatic heterocycles. The summed E-state index contributed by atoms with van der Waals surface area (Å²) in [5.41, 5.74) is 1.42. The van der Waals surface area contributed by atoms with Gasteiger partial charge in [-0.15, -0.1) is 0 Å². The van der Waals surface area contributed by atoms with Crippen LogP contribution in [0.3, 0.4) is 0 Å². The highest BCUT2D eigenvalue weighted by Crippen LogP contribution is 2.67. The van der Waals surface area contributed by atoms with Gasteiger partial charge in [-0.1, -0.05) is 39.3 Å². The maximum atomic E-state index is 11.6. The highest BCUT2D eigenvalue weighted by molar-refractivity contribution is 5.25. The molecular weight excluding hydrogens is 384 g/mol. The van der Waals surface area contributed by atoms with Gasteiger partial charge in [0.1, 0.15) is 0 Å². The van der Waals surface area contributed by atoms with E-state index in [1.54, 1.807) is 5.57 Å². The van der Waals surface area contributed by atoms with E-state index in [1.807, 2.05) is 0 Å². The molecule has 31 heavy (non-hydrogen) atoms. The number of hydrogen-bond donors (Lipinski definition) is 3. The van der Waals surface area contributed by atoms with Crippen LogP contribution in [0.4, 0.5) is 0 Å². The van der Waals surface area contributed by atoms with Crippen molar-refractivity contribution in [2.45, 2.75) is 117 Å². The lowest BCUT2D eigenvalue weighted by molar-refractivity contribution is -0.106. The molecular formula is C28H48O3. The van der Waals surface area contributed by atoms with Crippen LogP contribution in [-0.4, -0.2) is 33.6 Å². The molecule has 0 radical (unpaired) electrons. The van der Waals surface area contributed by atoms with Crippen LogP contribution in [0.1, 0.15) is 105 Å². The van der Waals surface area contributed by atoms with E-state index in [2.05, 4.69) is 40.7 Å². The molecule has 178 valence electrons. The van der Waals surface area contributed by atoms with E-state index in [-0.39, 0.29) is 23.5 Å². The number of fused-ring (bicyclic) bond motifs is 5. The molecule has 0 aromatic carbocycles. The van der Waals surface area contributed by atoms with E-state index in [4.69, 9.17) is 0 Å². The summed E-state index contributed by atoms with van der Waals surface area (Å²) in [4.78, 5) is 0. The Labute approximate surface area is 190 Å². The lowest BCUT2D eigenvalue weighted by Crippen LogP contribution is -2.53. The molecule has 3 heteroatoms. The molecule has 4 aliphatic carbocycles. The molecule has 0 saturated heterocycles. The first-order valence-corrected chi connectivity index (χ1v) is 13.1. The lowest BCUT2D eigenvalue weighted by Gasteiger charge is -2.59. The summed E-state index contributed by atoms with van der Waals surface area (Å²) in [5, 5.41) is 31.5. The van der Waals surface area contributed by atoms with Crippen LogP contribution in [0.5, 0.6) is 0 Å². The van der Waals surface area contributed by atoms with Crippen molar-refractivity contribution in [1.82, 2.24) is 0 Å². The molecule has 4 aliphatic rings. The predicted molar refractivity (Wildman–Crippen MR) is 127 cm³/mol. The van der Waals surface area contributed by atoms with Gasteiger partial charge in [-0.3, -0.25) is 0 Å². The zero-order valence-corrected chi connectivity index (χ0v) is 20.8. The van der Waals surface area contributed by atoms with Gasteiger partial charge in [0.2, 0.25) is 0 Å². The Morgan fingerprint density at radius 2 is 1.74 bits per heavy atom. The topological polar surface area (TPSA) is 60.7 Å². The Morgan fingerprint density at radius 1 is 1.00 bits per heavy atom. The number of hydrogen-bond acceptors (Lipinski definition) is 3. The van der Waals surface area contributed by atoms with E-state index in [0.29, 0.717) is 11.3 Å². The highest BCUT2D eigenvalue weighted by atomic mass is 16.3. The van der Waals surface area contributed by atoms with Gasteiger partial charge < -0.3 is 15.3 Å². The van der Waals surface area contributed by atoms with Crippen molar-refractivity contribution >= 4 is 0 Å². The third-order valence-corrected chi connectivity index (χ3v) is 10.8. The van der Waals surface area contributed by atoms with Crippen LogP contribution in [0.25, 0.3) is 0 Å². The Hall–Kier alpha value is -0.380. The second kappa shape index (κ2) is 8.13. The van der Waals surface area contributed by atoms with Gasteiger partial charge in [0.05, 0.1) is 11.7 Å². The van der Waals surface area contributed by atoms with Crippen LogP contribution in [0, 0.1) is 39.9 Å². The number of aliphatic hydroxyl groups excluding tert-OH is 2. The summed E-state index contributed by atoms with van der Waals surface area (Å²) in [6.07, 6.45) is 14.3. The second-order valence-corrected chi connectivity index (χ2v) is 13.4. The van der Waals surface area contributed by atoms with Crippen molar-refractivity contribution in [3.63, 3.8) is 0 Å². The third-order valence-electron chi connectivity index (χ3n) is 10.8. The summed E-state index contributed by atoms with van der Waals surface area (Å²) in [6, 6.07) is 0. The molecule has 0 bridgehead atoms. The number of allylic oxidation sites excluding steroid dienone is 1. The molecule has 8 atom stereocenters. The van der Waals surface area contributed by atoms with Gasteiger partial charge in [0, 0.05) is 6.61 Å². The van der Waals surface area contributed by atoms with Crippen molar-refractivity contribution in [2.24, 2.45) is 39.9 Å². The lowest BCUT2D eigenvalue weighted by atomic mass is 9.46. The Bertz CT molecular complexity index is 694. The minimum Gasteiger partial charge on any atom is -0.396 e. The van der Waals surface area contributed by atoms with Gasteiger partial charge in [0.15, 0.2) is 0 Å². The number of aliphatic hydroxyl groups is 3. The highest BCUT2D eigenvalue weighted by Gasteiger charge is 2.61. The zero-order valence-electron chi connectivity index (χ0n) is 20.8. The summed E-state index contributed by atoms with van der Waals surface area (Å²) < 4.78 is 0. The SMILES string of the molecule is CC(C)(CO)CCC[C@](C)(O)[C@H]1CC[C@H]2C3CC=C4C[C@@H](O)CC[C@]4(C)[C@H]3CC[C@@]21C. The standard InChI is InChI=1S/C28H48O3/c1-25(2,18-29)13-6-14-28(5,31)24-10-9-22-21-8-7-19-17-20(30)11-15-26(19,3)23(21)12-16-27(22,24)4/h7,20-24,29-31H,6,8-18H2,1-5H3/t20-,21?,22-,23-,24-,26-,27-,28-/m0/s1. The molecule has 3 N–H and O–H groups in total. The Kier molecular flexibility index (Phi) is 6.24. The van der Waals surface area contributed by atoms with E-state index < -0.39 is 5.60 Å². The van der Waals surface area contributed by atoms with Crippen molar-refractivity contribution in [1.29, 1.82) is 0 Å². The molecule has 0 spiro atoms. The van der Waals surface area contributed by atoms with Crippen LogP contribution in [-0.2, 0) is 0 Å². The first-order valence-electron chi connectivity index (χ1n) is 13.1. The minimum absolute atomic E-state index is 0.0502. The van der Waals surface area contributed by atoms with Gasteiger partial charge in [-0.2, -0.15) is 0 Å². The van der Waals surface area contributed by atoms with Gasteiger partial charge >= 0.3 is 0 Å². The zero-order chi connectivity index (χ0) is 22.7. The molecule has 0 aromatic rings. The molecule has 3 saturated carbocycles. The predicted octanol–water partition coefficient (Wildman–Crippen LogP) is 5.87. The van der Waals surface area contributed by atoms with Crippen LogP contribution < -0.4 is 0 Å². The Morgan fingerprint density at radius 3 is 2.45 bits per heavy atom. The van der Waals surface area contributed by atoms with Gasteiger partial charge in [-0.25, -0.2) is 0 Å². The first-order chi connectivity index (χ1) is 14.4. The van der Waals surface area contributed by atoms with Crippen molar-refractivity contribution in [2.75, 3.05) is 6.61 Å². The molecule has 0 heterocycles. The number of rotatable bonds is 6. The summed E-state index contributed by atoms with van der Waals surface area (Å²) >= 11 is 0. The van der Waals surface area contributed by atoms with E-state index in [0.717, 1.165) is 62.7 Å². The Balaban J connectivity index is 1.49. The maximum Gasteiger partial charge on any atom is 0.0653 e. The molecule has 1 unspecified atom stereocenters. The second-order valence-electron chi connectivity index (χ2n) is 13.4. The molecule has 4 rings (SSSR count). The van der Waals surface area contributed by atoms with Gasteiger partial charge in [-0.05, 0) is 117 Å². The fourth-order valence-corrected chi connectivity index (χ4v) is 8.84. The van der Waals surface area contributed by atoms with Crippen LogP contribution >= 0.6 is 0 Å². The molecule has 3 nitrogen and oxygen atoms in total. The summed E-state index contributed by atoms with van der Waals surface area (Å²) in [5.74, 6) is 2.61. The van der Waals surface area contributed by atoms with Gasteiger partial charge in [0.25, 0.3) is 0 Å².